The monoisotopic (exact) mass is 451 g/mol. The molecule has 1 unspecified atom stereocenters. The molecular weight excluding hydrogens is 426 g/mol. The average molecular weight is 451 g/mol. The first-order valence-corrected chi connectivity index (χ1v) is 10.7. The first-order valence-electron chi connectivity index (χ1n) is 10.7. The topological polar surface area (TPSA) is 118 Å². The summed E-state index contributed by atoms with van der Waals surface area (Å²) in [5, 5.41) is 11.1. The van der Waals surface area contributed by atoms with E-state index >= 15 is 0 Å². The van der Waals surface area contributed by atoms with Crippen molar-refractivity contribution in [3.63, 3.8) is 0 Å². The van der Waals surface area contributed by atoms with Crippen LogP contribution in [0.3, 0.4) is 0 Å². The lowest BCUT2D eigenvalue weighted by atomic mass is 9.97. The number of allylic oxidation sites excluding steroid dienone is 2. The van der Waals surface area contributed by atoms with Gasteiger partial charge >= 0.3 is 12.1 Å². The van der Waals surface area contributed by atoms with Gasteiger partial charge in [-0.1, -0.05) is 24.3 Å². The van der Waals surface area contributed by atoms with E-state index in [9.17, 15) is 14.4 Å². The number of aldehydes is 1. The lowest BCUT2D eigenvalue weighted by Gasteiger charge is -2.29. The van der Waals surface area contributed by atoms with Crippen LogP contribution in [0.2, 0.25) is 0 Å². The van der Waals surface area contributed by atoms with Crippen molar-refractivity contribution in [3.8, 4) is 0 Å². The Kier molecular flexibility index (Phi) is 6.69. The molecule has 9 heteroatoms. The van der Waals surface area contributed by atoms with Crippen LogP contribution in [0.4, 0.5) is 10.5 Å². The fraction of sp³-hybridized carbons (Fsp3) is 0.333. The highest BCUT2D eigenvalue weighted by molar-refractivity contribution is 6.16. The minimum absolute atomic E-state index is 0.0943. The van der Waals surface area contributed by atoms with E-state index in [1.807, 2.05) is 24.3 Å². The van der Waals surface area contributed by atoms with Crippen LogP contribution in [0.25, 0.3) is 0 Å². The van der Waals surface area contributed by atoms with Crippen molar-refractivity contribution in [2.24, 2.45) is 4.99 Å². The Morgan fingerprint density at radius 3 is 2.88 bits per heavy atom. The molecule has 0 aromatic heterocycles. The standard InChI is InChI=1S/C24H25N3O6/c1-32-14-17-12-27-11-16-7-6-15-4-2-3-5-19(15)26-23(16)20(27)10-18(17)21(13-28)33-24(31)25-9-8-22(29)30/h2-5,7,10,13,21H,6,8-9,11-12,14H2,1H3,(H,25,31)(H,29,30). The van der Waals surface area contributed by atoms with Crippen molar-refractivity contribution in [3.05, 3.63) is 64.4 Å². The summed E-state index contributed by atoms with van der Waals surface area (Å²) in [6.45, 7) is 1.39. The minimum Gasteiger partial charge on any atom is -0.481 e. The van der Waals surface area contributed by atoms with E-state index in [0.29, 0.717) is 24.9 Å². The molecule has 3 heterocycles. The number of fused-ring (bicyclic) bond motifs is 4. The summed E-state index contributed by atoms with van der Waals surface area (Å²) < 4.78 is 10.7. The fourth-order valence-corrected chi connectivity index (χ4v) is 4.17. The molecule has 2 N–H and O–H groups in total. The second-order valence-electron chi connectivity index (χ2n) is 7.93. The van der Waals surface area contributed by atoms with E-state index in [-0.39, 0.29) is 19.6 Å². The Balaban J connectivity index is 1.63. The van der Waals surface area contributed by atoms with Crippen LogP contribution in [0.1, 0.15) is 12.0 Å². The molecule has 0 aliphatic carbocycles. The average Bonchev–Trinajstić information content (AvgIpc) is 3.01. The molecule has 9 nitrogen and oxygen atoms in total. The zero-order valence-electron chi connectivity index (χ0n) is 18.2. The van der Waals surface area contributed by atoms with Crippen LogP contribution < -0.4 is 5.32 Å². The van der Waals surface area contributed by atoms with E-state index < -0.39 is 18.2 Å². The van der Waals surface area contributed by atoms with Gasteiger partial charge < -0.3 is 24.8 Å². The van der Waals surface area contributed by atoms with Gasteiger partial charge in [-0.2, -0.15) is 0 Å². The van der Waals surface area contributed by atoms with Gasteiger partial charge in [0.05, 0.1) is 30.1 Å². The zero-order valence-corrected chi connectivity index (χ0v) is 18.2. The van der Waals surface area contributed by atoms with E-state index in [2.05, 4.69) is 22.4 Å². The van der Waals surface area contributed by atoms with Crippen molar-refractivity contribution < 1.29 is 29.0 Å². The van der Waals surface area contributed by atoms with Crippen LogP contribution in [0, 0.1) is 0 Å². The summed E-state index contributed by atoms with van der Waals surface area (Å²) in [6, 6.07) is 8.00. The van der Waals surface area contributed by atoms with Crippen LogP contribution in [0.15, 0.2) is 63.8 Å². The third-order valence-electron chi connectivity index (χ3n) is 5.71. The highest BCUT2D eigenvalue weighted by Gasteiger charge is 2.35. The van der Waals surface area contributed by atoms with Gasteiger partial charge in [0.15, 0.2) is 12.4 Å². The predicted octanol–water partition coefficient (Wildman–Crippen LogP) is 2.17. The number of ether oxygens (including phenoxy) is 2. The minimum atomic E-state index is -1.15. The number of amides is 1. The van der Waals surface area contributed by atoms with E-state index in [1.54, 1.807) is 7.11 Å². The fourth-order valence-electron chi connectivity index (χ4n) is 4.17. The van der Waals surface area contributed by atoms with Crippen LogP contribution in [-0.4, -0.2) is 73.5 Å². The third kappa shape index (κ3) is 4.88. The zero-order chi connectivity index (χ0) is 23.4. The number of hydrogen-bond donors (Lipinski definition) is 2. The predicted molar refractivity (Wildman–Crippen MR) is 120 cm³/mol. The van der Waals surface area contributed by atoms with Gasteiger partial charge in [0, 0.05) is 32.3 Å². The second-order valence-corrected chi connectivity index (χ2v) is 7.93. The maximum Gasteiger partial charge on any atom is 0.408 e. The van der Waals surface area contributed by atoms with E-state index in [0.717, 1.165) is 40.2 Å². The molecule has 3 aliphatic heterocycles. The Hall–Kier alpha value is -3.72. The smallest absolute Gasteiger partial charge is 0.408 e. The van der Waals surface area contributed by atoms with Crippen LogP contribution in [-0.2, 0) is 25.5 Å². The number of nitrogens with one attached hydrogen (secondary N) is 1. The Bertz CT molecular complexity index is 1100. The van der Waals surface area contributed by atoms with Crippen molar-refractivity contribution in [2.75, 3.05) is 33.4 Å². The van der Waals surface area contributed by atoms with Gasteiger partial charge in [0.25, 0.3) is 0 Å². The normalized spacial score (nSPS) is 17.5. The lowest BCUT2D eigenvalue weighted by molar-refractivity contribution is -0.136. The number of methoxy groups -OCH3 is 1. The number of rotatable bonds is 8. The highest BCUT2D eigenvalue weighted by Crippen LogP contribution is 2.36. The molecule has 0 saturated carbocycles. The number of benzene rings is 1. The van der Waals surface area contributed by atoms with Crippen LogP contribution >= 0.6 is 0 Å². The lowest BCUT2D eigenvalue weighted by Crippen LogP contribution is -2.35. The molecule has 172 valence electrons. The molecule has 0 bridgehead atoms. The van der Waals surface area contributed by atoms with Gasteiger partial charge in [-0.3, -0.25) is 9.59 Å². The summed E-state index contributed by atoms with van der Waals surface area (Å²) in [6.07, 6.45) is 3.13. The molecule has 1 aromatic rings. The van der Waals surface area contributed by atoms with Gasteiger partial charge in [-0.25, -0.2) is 9.79 Å². The summed E-state index contributed by atoms with van der Waals surface area (Å²) in [4.78, 5) is 41.8. The van der Waals surface area contributed by atoms with Crippen molar-refractivity contribution in [1.29, 1.82) is 0 Å². The highest BCUT2D eigenvalue weighted by atomic mass is 16.6. The number of aliphatic carboxylic acids is 1. The third-order valence-corrected chi connectivity index (χ3v) is 5.71. The molecular formula is C24H25N3O6. The maximum absolute atomic E-state index is 12.1. The largest absolute Gasteiger partial charge is 0.481 e. The van der Waals surface area contributed by atoms with Crippen molar-refractivity contribution in [1.82, 2.24) is 10.2 Å². The molecule has 1 amide bonds. The maximum atomic E-state index is 12.1. The SMILES string of the molecule is COCC1=C(C(C=O)OC(=O)NCCC(=O)O)C=C2C3=Nc4ccccc4CC=C3CN2C1. The number of nitrogens with zero attached hydrogens (tertiary/aromatic N) is 2. The van der Waals surface area contributed by atoms with Crippen molar-refractivity contribution in [2.45, 2.75) is 18.9 Å². The Labute approximate surface area is 191 Å². The molecule has 3 aliphatic rings. The molecule has 1 saturated heterocycles. The molecule has 4 rings (SSSR count). The number of carbonyl (C=O) groups excluding carboxylic acids is 2. The Morgan fingerprint density at radius 2 is 2.12 bits per heavy atom. The van der Waals surface area contributed by atoms with Crippen LogP contribution in [0.5, 0.6) is 0 Å². The molecule has 0 radical (unpaired) electrons. The number of para-hydroxylation sites is 1. The first kappa shape index (κ1) is 22.5. The van der Waals surface area contributed by atoms with Gasteiger partial charge in [-0.05, 0) is 35.3 Å². The van der Waals surface area contributed by atoms with Crippen molar-refractivity contribution >= 4 is 29.7 Å². The van der Waals surface area contributed by atoms with Gasteiger partial charge in [0.1, 0.15) is 0 Å². The summed E-state index contributed by atoms with van der Waals surface area (Å²) in [7, 11) is 1.57. The molecule has 33 heavy (non-hydrogen) atoms. The molecule has 1 aromatic carbocycles. The van der Waals surface area contributed by atoms with E-state index in [1.165, 1.54) is 0 Å². The number of carboxylic acids is 1. The number of hydrogen-bond acceptors (Lipinski definition) is 7. The number of carboxylic acid groups (broad SMARTS) is 1. The van der Waals surface area contributed by atoms with E-state index in [4.69, 9.17) is 19.6 Å². The Morgan fingerprint density at radius 1 is 1.30 bits per heavy atom. The number of carbonyl (C=O) groups is 3. The van der Waals surface area contributed by atoms with Gasteiger partial charge in [0.2, 0.25) is 0 Å². The summed E-state index contributed by atoms with van der Waals surface area (Å²) in [5.41, 5.74) is 6.28. The number of alkyl carbamates (subject to hydrolysis) is 1. The molecule has 0 spiro atoms. The first-order chi connectivity index (χ1) is 16.0. The number of aliphatic imine (C=N–C) groups is 1. The summed E-state index contributed by atoms with van der Waals surface area (Å²) >= 11 is 0. The summed E-state index contributed by atoms with van der Waals surface area (Å²) in [5.74, 6) is -1.04. The van der Waals surface area contributed by atoms with Gasteiger partial charge in [-0.15, -0.1) is 0 Å². The molecule has 1 fully saturated rings. The second kappa shape index (κ2) is 9.83. The quantitative estimate of drug-likeness (QED) is 0.582. The molecule has 1 atom stereocenters.